The van der Waals surface area contributed by atoms with Gasteiger partial charge in [-0.15, -0.1) is 0 Å². The summed E-state index contributed by atoms with van der Waals surface area (Å²) in [5, 5.41) is 12.2. The molecule has 1 unspecified atom stereocenters. The molecule has 0 aliphatic heterocycles. The van der Waals surface area contributed by atoms with Crippen molar-refractivity contribution in [3.8, 4) is 0 Å². The van der Waals surface area contributed by atoms with Crippen molar-refractivity contribution >= 4 is 11.6 Å². The third kappa shape index (κ3) is 3.75. The normalized spacial score (nSPS) is 16.3. The Morgan fingerprint density at radius 1 is 1.26 bits per heavy atom. The number of nitrogens with one attached hydrogen (secondary N) is 1. The summed E-state index contributed by atoms with van der Waals surface area (Å²) in [5.74, 6) is -0.0750. The number of pyridine rings is 1. The Bertz CT molecular complexity index is 660. The molecule has 2 aromatic rings. The van der Waals surface area contributed by atoms with Crippen LogP contribution in [0.2, 0.25) is 0 Å². The molecule has 5 heteroatoms. The zero-order valence-electron chi connectivity index (χ0n) is 13.0. The predicted molar refractivity (Wildman–Crippen MR) is 89.0 cm³/mol. The van der Waals surface area contributed by atoms with Gasteiger partial charge >= 0.3 is 0 Å². The molecule has 3 rings (SSSR count). The number of nitrogens with zero attached hydrogens (tertiary/aromatic N) is 2. The van der Waals surface area contributed by atoms with Gasteiger partial charge in [-0.3, -0.25) is 14.7 Å². The fourth-order valence-electron chi connectivity index (χ4n) is 3.21. The third-order valence-corrected chi connectivity index (χ3v) is 4.24. The topological polar surface area (TPSA) is 65.5 Å². The zero-order valence-corrected chi connectivity index (χ0v) is 13.0. The van der Waals surface area contributed by atoms with Crippen LogP contribution < -0.4 is 5.32 Å². The first-order chi connectivity index (χ1) is 11.3. The number of fused-ring (bicyclic) bond motifs is 1. The van der Waals surface area contributed by atoms with Gasteiger partial charge in [0.2, 0.25) is 5.91 Å². The van der Waals surface area contributed by atoms with E-state index in [0.717, 1.165) is 18.5 Å². The fourth-order valence-corrected chi connectivity index (χ4v) is 3.21. The predicted octanol–water partition coefficient (Wildman–Crippen LogP) is 2.00. The van der Waals surface area contributed by atoms with Gasteiger partial charge in [-0.1, -0.05) is 24.3 Å². The molecule has 1 aromatic heterocycles. The number of anilines is 1. The summed E-state index contributed by atoms with van der Waals surface area (Å²) in [5.41, 5.74) is 3.36. The van der Waals surface area contributed by atoms with E-state index in [1.54, 1.807) is 24.5 Å². The molecule has 0 radical (unpaired) electrons. The average molecular weight is 311 g/mol. The van der Waals surface area contributed by atoms with Crippen LogP contribution in [0.4, 0.5) is 5.69 Å². The molecule has 5 nitrogen and oxygen atoms in total. The van der Waals surface area contributed by atoms with E-state index in [9.17, 15) is 9.90 Å². The molecule has 1 aliphatic carbocycles. The molecule has 0 saturated carbocycles. The lowest BCUT2D eigenvalue weighted by atomic mass is 10.1. The van der Waals surface area contributed by atoms with Gasteiger partial charge in [0, 0.05) is 30.7 Å². The zero-order chi connectivity index (χ0) is 16.1. The van der Waals surface area contributed by atoms with Crippen molar-refractivity contribution in [2.45, 2.75) is 18.9 Å². The van der Waals surface area contributed by atoms with Crippen LogP contribution >= 0.6 is 0 Å². The van der Waals surface area contributed by atoms with Gasteiger partial charge in [0.15, 0.2) is 0 Å². The highest BCUT2D eigenvalue weighted by atomic mass is 16.3. The Balaban J connectivity index is 1.69. The van der Waals surface area contributed by atoms with E-state index < -0.39 is 0 Å². The minimum absolute atomic E-state index is 0.0429. The summed E-state index contributed by atoms with van der Waals surface area (Å²) in [6.07, 6.45) is 5.30. The van der Waals surface area contributed by atoms with Crippen molar-refractivity contribution in [2.75, 3.05) is 25.0 Å². The SMILES string of the molecule is O=C(CN(CCO)C1CCc2ccccc21)Nc1ccncc1. The fraction of sp³-hybridized carbons (Fsp3) is 0.333. The van der Waals surface area contributed by atoms with Crippen LogP contribution in [0.5, 0.6) is 0 Å². The van der Waals surface area contributed by atoms with Crippen molar-refractivity contribution in [1.82, 2.24) is 9.88 Å². The number of amides is 1. The second kappa shape index (κ2) is 7.35. The second-order valence-electron chi connectivity index (χ2n) is 5.73. The van der Waals surface area contributed by atoms with Crippen molar-refractivity contribution in [2.24, 2.45) is 0 Å². The molecular formula is C18H21N3O2. The van der Waals surface area contributed by atoms with Crippen LogP contribution in [0.25, 0.3) is 0 Å². The molecule has 23 heavy (non-hydrogen) atoms. The van der Waals surface area contributed by atoms with Crippen LogP contribution in [0, 0.1) is 0 Å². The van der Waals surface area contributed by atoms with Crippen molar-refractivity contribution in [3.63, 3.8) is 0 Å². The summed E-state index contributed by atoms with van der Waals surface area (Å²) >= 11 is 0. The number of hydrogen-bond donors (Lipinski definition) is 2. The maximum absolute atomic E-state index is 12.3. The lowest BCUT2D eigenvalue weighted by Crippen LogP contribution is -2.37. The van der Waals surface area contributed by atoms with Gasteiger partial charge in [-0.25, -0.2) is 0 Å². The Morgan fingerprint density at radius 3 is 2.83 bits per heavy atom. The first-order valence-electron chi connectivity index (χ1n) is 7.90. The summed E-state index contributed by atoms with van der Waals surface area (Å²) in [4.78, 5) is 18.3. The van der Waals surface area contributed by atoms with E-state index in [4.69, 9.17) is 0 Å². The van der Waals surface area contributed by atoms with Crippen molar-refractivity contribution < 1.29 is 9.90 Å². The van der Waals surface area contributed by atoms with Crippen LogP contribution in [0.15, 0.2) is 48.8 Å². The first-order valence-corrected chi connectivity index (χ1v) is 7.90. The van der Waals surface area contributed by atoms with Gasteiger partial charge in [0.25, 0.3) is 0 Å². The van der Waals surface area contributed by atoms with Gasteiger partial charge in [-0.05, 0) is 36.1 Å². The Labute approximate surface area is 136 Å². The van der Waals surface area contributed by atoms with E-state index in [1.807, 2.05) is 12.1 Å². The molecule has 0 saturated heterocycles. The van der Waals surface area contributed by atoms with Crippen LogP contribution in [0.3, 0.4) is 0 Å². The molecule has 120 valence electrons. The van der Waals surface area contributed by atoms with Crippen LogP contribution in [-0.2, 0) is 11.2 Å². The molecule has 0 fully saturated rings. The molecule has 1 aromatic carbocycles. The number of carbonyl (C=O) groups is 1. The summed E-state index contributed by atoms with van der Waals surface area (Å²) in [6, 6.07) is 12.1. The minimum Gasteiger partial charge on any atom is -0.395 e. The van der Waals surface area contributed by atoms with E-state index in [1.165, 1.54) is 11.1 Å². The number of carbonyl (C=O) groups excluding carboxylic acids is 1. The highest BCUT2D eigenvalue weighted by molar-refractivity contribution is 5.92. The van der Waals surface area contributed by atoms with Crippen molar-refractivity contribution in [3.05, 3.63) is 59.9 Å². The average Bonchev–Trinajstić information content (AvgIpc) is 2.99. The number of aliphatic hydroxyl groups is 1. The van der Waals surface area contributed by atoms with Crippen molar-refractivity contribution in [1.29, 1.82) is 0 Å². The number of benzene rings is 1. The molecule has 1 amide bonds. The lowest BCUT2D eigenvalue weighted by molar-refractivity contribution is -0.118. The molecule has 1 heterocycles. The summed E-state index contributed by atoms with van der Waals surface area (Å²) in [7, 11) is 0. The Morgan fingerprint density at radius 2 is 2.04 bits per heavy atom. The quantitative estimate of drug-likeness (QED) is 0.856. The third-order valence-electron chi connectivity index (χ3n) is 4.24. The van der Waals surface area contributed by atoms with Gasteiger partial charge in [0.05, 0.1) is 13.2 Å². The molecular weight excluding hydrogens is 290 g/mol. The van der Waals surface area contributed by atoms with Crippen LogP contribution in [-0.4, -0.2) is 40.6 Å². The maximum Gasteiger partial charge on any atom is 0.238 e. The summed E-state index contributed by atoms with van der Waals surface area (Å²) < 4.78 is 0. The van der Waals surface area contributed by atoms with E-state index in [0.29, 0.717) is 6.54 Å². The number of aliphatic hydroxyl groups excluding tert-OH is 1. The summed E-state index contributed by atoms with van der Waals surface area (Å²) in [6.45, 7) is 0.797. The molecule has 0 spiro atoms. The largest absolute Gasteiger partial charge is 0.395 e. The Hall–Kier alpha value is -2.24. The minimum atomic E-state index is -0.0750. The highest BCUT2D eigenvalue weighted by Crippen LogP contribution is 2.35. The number of aromatic nitrogens is 1. The van der Waals surface area contributed by atoms with E-state index >= 15 is 0 Å². The molecule has 1 aliphatic rings. The maximum atomic E-state index is 12.3. The van der Waals surface area contributed by atoms with Gasteiger partial charge in [-0.2, -0.15) is 0 Å². The Kier molecular flexibility index (Phi) is 5.00. The molecule has 1 atom stereocenters. The lowest BCUT2D eigenvalue weighted by Gasteiger charge is -2.28. The number of hydrogen-bond acceptors (Lipinski definition) is 4. The highest BCUT2D eigenvalue weighted by Gasteiger charge is 2.28. The molecule has 0 bridgehead atoms. The first kappa shape index (κ1) is 15.6. The van der Waals surface area contributed by atoms with Gasteiger partial charge < -0.3 is 10.4 Å². The van der Waals surface area contributed by atoms with Gasteiger partial charge in [0.1, 0.15) is 0 Å². The van der Waals surface area contributed by atoms with Crippen LogP contribution in [0.1, 0.15) is 23.6 Å². The second-order valence-corrected chi connectivity index (χ2v) is 5.73. The number of aryl methyl sites for hydroxylation is 1. The smallest absolute Gasteiger partial charge is 0.238 e. The number of rotatable bonds is 6. The van der Waals surface area contributed by atoms with E-state index in [-0.39, 0.29) is 25.1 Å². The monoisotopic (exact) mass is 311 g/mol. The van der Waals surface area contributed by atoms with E-state index in [2.05, 4.69) is 27.3 Å². The molecule has 2 N–H and O–H groups in total. The standard InChI is InChI=1S/C18H21N3O2/c22-12-11-21(13-18(23)20-15-7-9-19-10-8-15)17-6-5-14-3-1-2-4-16(14)17/h1-4,7-10,17,22H,5-6,11-13H2,(H,19,20,23).